The van der Waals surface area contributed by atoms with Gasteiger partial charge in [0, 0.05) is 39.0 Å². The number of ether oxygens (including phenoxy) is 1. The van der Waals surface area contributed by atoms with Crippen molar-refractivity contribution in [3.05, 3.63) is 102 Å². The monoisotopic (exact) mass is 497 g/mol. The molecule has 3 aromatic carbocycles. The standard InChI is InChI=1S/C29H24FN3O2S/c1-18-16-26(19(2)33(18)22-12-14-23(35-3)15-13-22)27(34)17-36-29-25-7-5-4-6-24(25)28(31-32-29)20-8-10-21(30)11-9-20/h4-16H,17H2,1-3H3. The topological polar surface area (TPSA) is 57.0 Å². The molecule has 0 aliphatic heterocycles. The summed E-state index contributed by atoms with van der Waals surface area (Å²) in [5, 5.41) is 11.4. The number of hydrogen-bond acceptors (Lipinski definition) is 5. The summed E-state index contributed by atoms with van der Waals surface area (Å²) in [5.41, 5.74) is 5.02. The van der Waals surface area contributed by atoms with Crippen molar-refractivity contribution in [2.75, 3.05) is 12.9 Å². The Hall–Kier alpha value is -3.97. The van der Waals surface area contributed by atoms with E-state index in [1.807, 2.05) is 68.4 Å². The van der Waals surface area contributed by atoms with Crippen LogP contribution >= 0.6 is 11.8 Å². The molecule has 0 unspecified atom stereocenters. The molecular weight excluding hydrogens is 473 g/mol. The lowest BCUT2D eigenvalue weighted by atomic mass is 10.1. The van der Waals surface area contributed by atoms with Gasteiger partial charge in [0.25, 0.3) is 0 Å². The van der Waals surface area contributed by atoms with Crippen LogP contribution < -0.4 is 4.74 Å². The van der Waals surface area contributed by atoms with Gasteiger partial charge in [0.05, 0.1) is 12.9 Å². The number of carbonyl (C=O) groups is 1. The molecule has 0 spiro atoms. The zero-order valence-electron chi connectivity index (χ0n) is 20.2. The van der Waals surface area contributed by atoms with Crippen molar-refractivity contribution in [3.8, 4) is 22.7 Å². The van der Waals surface area contributed by atoms with E-state index >= 15 is 0 Å². The van der Waals surface area contributed by atoms with Crippen LogP contribution in [0.25, 0.3) is 27.7 Å². The van der Waals surface area contributed by atoms with Crippen LogP contribution in [0.5, 0.6) is 5.75 Å². The van der Waals surface area contributed by atoms with Gasteiger partial charge in [-0.25, -0.2) is 4.39 Å². The zero-order valence-corrected chi connectivity index (χ0v) is 21.0. The first-order valence-corrected chi connectivity index (χ1v) is 12.5. The van der Waals surface area contributed by atoms with E-state index in [2.05, 4.69) is 14.8 Å². The summed E-state index contributed by atoms with van der Waals surface area (Å²) in [4.78, 5) is 13.3. The first-order valence-electron chi connectivity index (χ1n) is 11.5. The Morgan fingerprint density at radius 2 is 1.64 bits per heavy atom. The van der Waals surface area contributed by atoms with E-state index < -0.39 is 0 Å². The van der Waals surface area contributed by atoms with Gasteiger partial charge in [-0.2, -0.15) is 0 Å². The molecule has 0 saturated carbocycles. The van der Waals surface area contributed by atoms with E-state index in [9.17, 15) is 9.18 Å². The predicted molar refractivity (Wildman–Crippen MR) is 142 cm³/mol. The molecule has 0 amide bonds. The van der Waals surface area contributed by atoms with Crippen molar-refractivity contribution in [2.45, 2.75) is 18.9 Å². The van der Waals surface area contributed by atoms with Crippen molar-refractivity contribution >= 4 is 28.3 Å². The number of aryl methyl sites for hydroxylation is 1. The summed E-state index contributed by atoms with van der Waals surface area (Å²) < 4.78 is 20.7. The molecule has 180 valence electrons. The van der Waals surface area contributed by atoms with Crippen LogP contribution in [0.3, 0.4) is 0 Å². The van der Waals surface area contributed by atoms with Gasteiger partial charge >= 0.3 is 0 Å². The lowest BCUT2D eigenvalue weighted by Crippen LogP contribution is -2.06. The summed E-state index contributed by atoms with van der Waals surface area (Å²) in [7, 11) is 1.64. The van der Waals surface area contributed by atoms with Crippen molar-refractivity contribution in [3.63, 3.8) is 0 Å². The fourth-order valence-electron chi connectivity index (χ4n) is 4.39. The summed E-state index contributed by atoms with van der Waals surface area (Å²) in [6.45, 7) is 3.95. The van der Waals surface area contributed by atoms with Gasteiger partial charge in [0.15, 0.2) is 5.78 Å². The molecule has 2 aromatic heterocycles. The molecule has 0 fully saturated rings. The number of benzene rings is 3. The van der Waals surface area contributed by atoms with Gasteiger partial charge in [-0.05, 0) is 68.4 Å². The molecule has 0 saturated heterocycles. The maximum Gasteiger partial charge on any atom is 0.174 e. The van der Waals surface area contributed by atoms with E-state index in [1.54, 1.807) is 19.2 Å². The highest BCUT2D eigenvalue weighted by atomic mass is 32.2. The number of fused-ring (bicyclic) bond motifs is 1. The summed E-state index contributed by atoms with van der Waals surface area (Å²) >= 11 is 1.37. The highest BCUT2D eigenvalue weighted by molar-refractivity contribution is 8.00. The van der Waals surface area contributed by atoms with Crippen LogP contribution in [-0.2, 0) is 0 Å². The molecule has 0 radical (unpaired) electrons. The fourth-order valence-corrected chi connectivity index (χ4v) is 5.25. The third-order valence-corrected chi connectivity index (χ3v) is 7.15. The first-order chi connectivity index (χ1) is 17.5. The average molecular weight is 498 g/mol. The number of Topliss-reactive ketones (excluding diaryl/α,β-unsaturated/α-hetero) is 1. The number of nitrogens with zero attached hydrogens (tertiary/aromatic N) is 3. The van der Waals surface area contributed by atoms with Crippen molar-refractivity contribution in [1.82, 2.24) is 14.8 Å². The van der Waals surface area contributed by atoms with Crippen LogP contribution in [-0.4, -0.2) is 33.4 Å². The number of carbonyl (C=O) groups excluding carboxylic acids is 1. The number of ketones is 1. The SMILES string of the molecule is COc1ccc(-n2c(C)cc(C(=O)CSc3nnc(-c4ccc(F)cc4)c4ccccc34)c2C)cc1. The minimum Gasteiger partial charge on any atom is -0.497 e. The van der Waals surface area contributed by atoms with E-state index in [0.29, 0.717) is 16.3 Å². The Balaban J connectivity index is 1.41. The molecule has 2 heterocycles. The van der Waals surface area contributed by atoms with Crippen LogP contribution in [0.2, 0.25) is 0 Å². The molecule has 0 atom stereocenters. The third-order valence-electron chi connectivity index (χ3n) is 6.17. The Morgan fingerprint density at radius 3 is 2.33 bits per heavy atom. The normalized spacial score (nSPS) is 11.1. The van der Waals surface area contributed by atoms with Gasteiger partial charge in [0.1, 0.15) is 22.3 Å². The minimum absolute atomic E-state index is 0.0290. The maximum atomic E-state index is 13.4. The number of rotatable bonds is 7. The van der Waals surface area contributed by atoms with Crippen molar-refractivity contribution < 1.29 is 13.9 Å². The quantitative estimate of drug-likeness (QED) is 0.182. The van der Waals surface area contributed by atoms with E-state index in [-0.39, 0.29) is 17.4 Å². The van der Waals surface area contributed by atoms with Gasteiger partial charge in [-0.15, -0.1) is 10.2 Å². The molecule has 36 heavy (non-hydrogen) atoms. The molecule has 0 N–H and O–H groups in total. The Morgan fingerprint density at radius 1 is 0.944 bits per heavy atom. The second-order valence-electron chi connectivity index (χ2n) is 8.44. The number of thioether (sulfide) groups is 1. The van der Waals surface area contributed by atoms with Gasteiger partial charge in [0.2, 0.25) is 0 Å². The van der Waals surface area contributed by atoms with Gasteiger partial charge < -0.3 is 9.30 Å². The number of hydrogen-bond donors (Lipinski definition) is 0. The highest BCUT2D eigenvalue weighted by Gasteiger charge is 2.19. The summed E-state index contributed by atoms with van der Waals surface area (Å²) in [6.07, 6.45) is 0. The fraction of sp³-hybridized carbons (Fsp3) is 0.138. The highest BCUT2D eigenvalue weighted by Crippen LogP contribution is 2.32. The second-order valence-corrected chi connectivity index (χ2v) is 9.40. The van der Waals surface area contributed by atoms with Crippen molar-refractivity contribution in [1.29, 1.82) is 0 Å². The summed E-state index contributed by atoms with van der Waals surface area (Å²) in [6, 6.07) is 23.7. The van der Waals surface area contributed by atoms with Gasteiger partial charge in [-0.1, -0.05) is 36.0 Å². The van der Waals surface area contributed by atoms with Gasteiger partial charge in [-0.3, -0.25) is 4.79 Å². The largest absolute Gasteiger partial charge is 0.497 e. The van der Waals surface area contributed by atoms with E-state index in [4.69, 9.17) is 4.74 Å². The zero-order chi connectivity index (χ0) is 25.2. The molecular formula is C29H24FN3O2S. The summed E-state index contributed by atoms with van der Waals surface area (Å²) in [5.74, 6) is 0.753. The van der Waals surface area contributed by atoms with E-state index in [0.717, 1.165) is 39.2 Å². The van der Waals surface area contributed by atoms with Crippen LogP contribution in [0.15, 0.2) is 83.9 Å². The Kier molecular flexibility index (Phi) is 6.57. The number of aromatic nitrogens is 3. The van der Waals surface area contributed by atoms with Crippen molar-refractivity contribution in [2.24, 2.45) is 0 Å². The molecule has 7 heteroatoms. The number of halogens is 1. The molecule has 5 nitrogen and oxygen atoms in total. The third kappa shape index (κ3) is 4.50. The predicted octanol–water partition coefficient (Wildman–Crippen LogP) is 6.83. The van der Waals surface area contributed by atoms with Crippen LogP contribution in [0.1, 0.15) is 21.7 Å². The lowest BCUT2D eigenvalue weighted by molar-refractivity contribution is 0.102. The molecule has 5 rings (SSSR count). The van der Waals surface area contributed by atoms with Crippen LogP contribution in [0, 0.1) is 19.7 Å². The molecule has 0 aliphatic carbocycles. The van der Waals surface area contributed by atoms with E-state index in [1.165, 1.54) is 23.9 Å². The molecule has 5 aromatic rings. The smallest absolute Gasteiger partial charge is 0.174 e. The Labute approximate surface area is 212 Å². The first kappa shape index (κ1) is 23.8. The maximum absolute atomic E-state index is 13.4. The average Bonchev–Trinajstić information content (AvgIpc) is 3.21. The minimum atomic E-state index is -0.298. The molecule has 0 aliphatic rings. The van der Waals surface area contributed by atoms with Crippen LogP contribution in [0.4, 0.5) is 4.39 Å². The Bertz CT molecular complexity index is 1560. The second kappa shape index (κ2) is 9.95. The molecule has 0 bridgehead atoms. The lowest BCUT2D eigenvalue weighted by Gasteiger charge is -2.11. The number of methoxy groups -OCH3 is 1.